The second-order valence-corrected chi connectivity index (χ2v) is 16.0. The summed E-state index contributed by atoms with van der Waals surface area (Å²) in [7, 11) is -3.38. The van der Waals surface area contributed by atoms with E-state index in [2.05, 4.69) is 45.4 Å². The first-order chi connectivity index (χ1) is 9.57. The third kappa shape index (κ3) is 13.0. The van der Waals surface area contributed by atoms with Gasteiger partial charge in [-0.3, -0.25) is 0 Å². The highest BCUT2D eigenvalue weighted by Gasteiger charge is 2.21. The predicted molar refractivity (Wildman–Crippen MR) is 96.6 cm³/mol. The van der Waals surface area contributed by atoms with Gasteiger partial charge in [-0.25, -0.2) is 0 Å². The second-order valence-electron chi connectivity index (χ2n) is 6.76. The van der Waals surface area contributed by atoms with Gasteiger partial charge in [0, 0.05) is 5.88 Å². The third-order valence-corrected chi connectivity index (χ3v) is 3.99. The predicted octanol–water partition coefficient (Wildman–Crippen LogP) is 5.47. The largest absolute Gasteiger partial charge is 0.544 e. The SMILES string of the molecule is CCOC(=CC(=CCCCCl)O[Si](C)(C)C)O[Si](C)(C)C. The summed E-state index contributed by atoms with van der Waals surface area (Å²) >= 11 is 5.74. The molecule has 0 rings (SSSR count). The standard InChI is InChI=1S/C15H31ClO3Si2/c1-8-17-15(19-21(5,6)7)13-14(11-9-10-12-16)18-20(2,3)4/h11,13H,8-10,12H2,1-7H3. The van der Waals surface area contributed by atoms with Crippen LogP contribution < -0.4 is 0 Å². The lowest BCUT2D eigenvalue weighted by atomic mass is 10.3. The molecule has 0 aromatic carbocycles. The molecular formula is C15H31ClO3Si2. The van der Waals surface area contributed by atoms with Crippen LogP contribution in [-0.4, -0.2) is 29.1 Å². The summed E-state index contributed by atoms with van der Waals surface area (Å²) in [6.45, 7) is 15.4. The Morgan fingerprint density at radius 3 is 2.00 bits per heavy atom. The molecule has 124 valence electrons. The van der Waals surface area contributed by atoms with Gasteiger partial charge in [0.2, 0.25) is 16.6 Å². The lowest BCUT2D eigenvalue weighted by molar-refractivity contribution is 0.111. The first-order valence-electron chi connectivity index (χ1n) is 7.56. The van der Waals surface area contributed by atoms with E-state index in [1.807, 2.05) is 13.0 Å². The molecule has 0 saturated carbocycles. The molecule has 6 heteroatoms. The smallest absolute Gasteiger partial charge is 0.268 e. The summed E-state index contributed by atoms with van der Waals surface area (Å²) in [5.41, 5.74) is 0. The molecule has 0 bridgehead atoms. The van der Waals surface area contributed by atoms with Crippen molar-refractivity contribution in [3.63, 3.8) is 0 Å². The van der Waals surface area contributed by atoms with Crippen molar-refractivity contribution in [1.82, 2.24) is 0 Å². The zero-order valence-corrected chi connectivity index (χ0v) is 17.3. The molecule has 0 heterocycles. The average molecular weight is 351 g/mol. The molecule has 0 spiro atoms. The van der Waals surface area contributed by atoms with Crippen molar-refractivity contribution in [1.29, 1.82) is 0 Å². The fraction of sp³-hybridized carbons (Fsp3) is 0.733. The summed E-state index contributed by atoms with van der Waals surface area (Å²) in [4.78, 5) is 0. The van der Waals surface area contributed by atoms with Gasteiger partial charge < -0.3 is 13.6 Å². The first kappa shape index (κ1) is 20.6. The van der Waals surface area contributed by atoms with E-state index in [1.54, 1.807) is 0 Å². The Balaban J connectivity index is 5.15. The number of rotatable bonds is 10. The topological polar surface area (TPSA) is 27.7 Å². The van der Waals surface area contributed by atoms with Gasteiger partial charge in [-0.05, 0) is 65.1 Å². The van der Waals surface area contributed by atoms with E-state index in [9.17, 15) is 0 Å². The molecule has 0 fully saturated rings. The summed E-state index contributed by atoms with van der Waals surface area (Å²) in [5.74, 6) is 2.05. The molecule has 0 aliphatic heterocycles. The van der Waals surface area contributed by atoms with Crippen LogP contribution in [0.1, 0.15) is 19.8 Å². The Bertz CT molecular complexity index is 355. The third-order valence-electron chi connectivity index (χ3n) is 2.06. The Morgan fingerprint density at radius 1 is 1.00 bits per heavy atom. The van der Waals surface area contributed by atoms with Crippen LogP contribution in [0.15, 0.2) is 23.9 Å². The van der Waals surface area contributed by atoms with Crippen LogP contribution in [0.5, 0.6) is 0 Å². The highest BCUT2D eigenvalue weighted by Crippen LogP contribution is 2.18. The molecule has 0 unspecified atom stereocenters. The van der Waals surface area contributed by atoms with Gasteiger partial charge in [0.15, 0.2) is 0 Å². The zero-order valence-electron chi connectivity index (χ0n) is 14.6. The maximum Gasteiger partial charge on any atom is 0.268 e. The second kappa shape index (κ2) is 9.59. The maximum atomic E-state index is 6.11. The zero-order chi connectivity index (χ0) is 16.5. The van der Waals surface area contributed by atoms with Gasteiger partial charge in [0.05, 0.1) is 12.7 Å². The Kier molecular flexibility index (Phi) is 9.41. The summed E-state index contributed by atoms with van der Waals surface area (Å²) < 4.78 is 17.7. The van der Waals surface area contributed by atoms with Gasteiger partial charge in [0.1, 0.15) is 5.76 Å². The van der Waals surface area contributed by atoms with Crippen molar-refractivity contribution in [2.45, 2.75) is 59.0 Å². The van der Waals surface area contributed by atoms with E-state index < -0.39 is 16.6 Å². The van der Waals surface area contributed by atoms with E-state index in [1.165, 1.54) is 0 Å². The van der Waals surface area contributed by atoms with Gasteiger partial charge in [-0.1, -0.05) is 0 Å². The van der Waals surface area contributed by atoms with Crippen LogP contribution in [0, 0.1) is 0 Å². The summed E-state index contributed by atoms with van der Waals surface area (Å²) in [6, 6.07) is 0. The van der Waals surface area contributed by atoms with Gasteiger partial charge in [-0.2, -0.15) is 0 Å². The van der Waals surface area contributed by atoms with Crippen LogP contribution in [-0.2, 0) is 13.6 Å². The highest BCUT2D eigenvalue weighted by atomic mass is 35.5. The van der Waals surface area contributed by atoms with E-state index >= 15 is 0 Å². The molecule has 0 N–H and O–H groups in total. The average Bonchev–Trinajstić information content (AvgIpc) is 2.25. The Hall–Kier alpha value is -0.396. The van der Waals surface area contributed by atoms with Crippen LogP contribution in [0.2, 0.25) is 39.3 Å². The van der Waals surface area contributed by atoms with Gasteiger partial charge >= 0.3 is 0 Å². The van der Waals surface area contributed by atoms with Crippen LogP contribution in [0.3, 0.4) is 0 Å². The molecule has 0 atom stereocenters. The minimum Gasteiger partial charge on any atom is -0.544 e. The number of alkyl halides is 1. The summed E-state index contributed by atoms with van der Waals surface area (Å²) in [6.07, 6.45) is 5.79. The molecule has 0 aromatic rings. The number of allylic oxidation sites excluding steroid dienone is 2. The molecule has 0 aromatic heterocycles. The monoisotopic (exact) mass is 350 g/mol. The number of ether oxygens (including phenoxy) is 1. The maximum absolute atomic E-state index is 6.11. The molecule has 3 nitrogen and oxygen atoms in total. The van der Waals surface area contributed by atoms with Crippen molar-refractivity contribution in [2.24, 2.45) is 0 Å². The van der Waals surface area contributed by atoms with Gasteiger partial charge in [0.25, 0.3) is 5.95 Å². The van der Waals surface area contributed by atoms with Crippen molar-refractivity contribution < 1.29 is 13.6 Å². The fourth-order valence-corrected chi connectivity index (χ4v) is 3.19. The number of hydrogen-bond acceptors (Lipinski definition) is 3. The van der Waals surface area contributed by atoms with E-state index in [0.717, 1.165) is 18.6 Å². The molecule has 0 radical (unpaired) electrons. The molecular weight excluding hydrogens is 320 g/mol. The van der Waals surface area contributed by atoms with Crippen molar-refractivity contribution in [3.05, 3.63) is 23.9 Å². The molecule has 21 heavy (non-hydrogen) atoms. The van der Waals surface area contributed by atoms with Crippen LogP contribution in [0.4, 0.5) is 0 Å². The van der Waals surface area contributed by atoms with E-state index in [4.69, 9.17) is 25.2 Å². The Labute approximate surface area is 137 Å². The number of halogens is 1. The minimum absolute atomic E-state index is 0.562. The normalized spacial score (nSPS) is 14.1. The van der Waals surface area contributed by atoms with Crippen molar-refractivity contribution in [2.75, 3.05) is 12.5 Å². The fourth-order valence-electron chi connectivity index (χ4n) is 1.47. The van der Waals surface area contributed by atoms with E-state index in [0.29, 0.717) is 18.4 Å². The number of unbranched alkanes of at least 4 members (excludes halogenated alkanes) is 1. The van der Waals surface area contributed by atoms with E-state index in [-0.39, 0.29) is 0 Å². The van der Waals surface area contributed by atoms with Crippen LogP contribution >= 0.6 is 11.6 Å². The Morgan fingerprint density at radius 2 is 1.57 bits per heavy atom. The summed E-state index contributed by atoms with van der Waals surface area (Å²) in [5, 5.41) is 0. The molecule has 0 amide bonds. The lowest BCUT2D eigenvalue weighted by Gasteiger charge is -2.24. The molecule has 0 aliphatic carbocycles. The first-order valence-corrected chi connectivity index (χ1v) is 14.9. The molecule has 0 saturated heterocycles. The highest BCUT2D eigenvalue weighted by molar-refractivity contribution is 6.70. The van der Waals surface area contributed by atoms with Crippen molar-refractivity contribution >= 4 is 28.2 Å². The van der Waals surface area contributed by atoms with Gasteiger partial charge in [-0.15, -0.1) is 11.6 Å². The minimum atomic E-state index is -1.71. The number of hydrogen-bond donors (Lipinski definition) is 0. The van der Waals surface area contributed by atoms with Crippen LogP contribution in [0.25, 0.3) is 0 Å². The quantitative estimate of drug-likeness (QED) is 0.172. The molecule has 0 aliphatic rings. The van der Waals surface area contributed by atoms with Crippen molar-refractivity contribution in [3.8, 4) is 0 Å². The lowest BCUT2D eigenvalue weighted by Crippen LogP contribution is -2.27.